The number of fused-ring (bicyclic) bond motifs is 1. The molecule has 0 aliphatic carbocycles. The van der Waals surface area contributed by atoms with Gasteiger partial charge in [0.25, 0.3) is 0 Å². The van der Waals surface area contributed by atoms with E-state index in [0.29, 0.717) is 15.0 Å². The summed E-state index contributed by atoms with van der Waals surface area (Å²) >= 11 is 7.22. The largest absolute Gasteiger partial charge is 0.310 e. The first kappa shape index (κ1) is 17.9. The molecule has 1 atom stereocenters. The Labute approximate surface area is 166 Å². The molecule has 3 aromatic rings. The summed E-state index contributed by atoms with van der Waals surface area (Å²) in [5, 5.41) is 7.54. The highest BCUT2D eigenvalue weighted by atomic mass is 35.5. The van der Waals surface area contributed by atoms with Crippen LogP contribution in [0.2, 0.25) is 4.34 Å². The number of nitrogens with zero attached hydrogens (tertiary/aromatic N) is 2. The summed E-state index contributed by atoms with van der Waals surface area (Å²) < 4.78 is 2.27. The lowest BCUT2D eigenvalue weighted by molar-refractivity contribution is -0.116. The maximum Gasteiger partial charge on any atom is 0.226 e. The Bertz CT molecular complexity index is 1080. The van der Waals surface area contributed by atoms with Gasteiger partial charge in [0, 0.05) is 12.0 Å². The number of carbonyl (C=O) groups excluding carboxylic acids is 2. The van der Waals surface area contributed by atoms with Gasteiger partial charge in [0.2, 0.25) is 5.91 Å². The third-order valence-corrected chi connectivity index (χ3v) is 6.22. The van der Waals surface area contributed by atoms with Gasteiger partial charge in [-0.15, -0.1) is 11.3 Å². The second-order valence-corrected chi connectivity index (χ2v) is 8.52. The third kappa shape index (κ3) is 3.09. The van der Waals surface area contributed by atoms with Crippen molar-refractivity contribution in [1.29, 1.82) is 0 Å². The number of nitrogens with one attached hydrogen (secondary N) is 1. The molecule has 5 nitrogen and oxygen atoms in total. The third-order valence-electron chi connectivity index (χ3n) is 4.97. The number of carbonyl (C=O) groups is 2. The fourth-order valence-corrected chi connectivity index (χ4v) is 4.47. The first-order valence-corrected chi connectivity index (χ1v) is 9.81. The number of halogens is 1. The molecule has 1 aliphatic heterocycles. The van der Waals surface area contributed by atoms with Crippen LogP contribution in [0.1, 0.15) is 44.4 Å². The summed E-state index contributed by atoms with van der Waals surface area (Å²) in [4.78, 5) is 26.0. The van der Waals surface area contributed by atoms with E-state index in [1.54, 1.807) is 16.8 Å². The number of rotatable bonds is 3. The van der Waals surface area contributed by atoms with Crippen molar-refractivity contribution in [3.05, 3.63) is 61.9 Å². The van der Waals surface area contributed by atoms with Crippen molar-refractivity contribution in [2.75, 3.05) is 5.32 Å². The van der Waals surface area contributed by atoms with E-state index in [0.717, 1.165) is 22.5 Å². The Balaban J connectivity index is 1.83. The molecule has 0 fully saturated rings. The minimum Gasteiger partial charge on any atom is -0.310 e. The lowest BCUT2D eigenvalue weighted by Crippen LogP contribution is -2.28. The van der Waals surface area contributed by atoms with Gasteiger partial charge in [-0.3, -0.25) is 9.59 Å². The Kier molecular flexibility index (Phi) is 4.40. The fourth-order valence-electron chi connectivity index (χ4n) is 3.43. The molecule has 27 heavy (non-hydrogen) atoms. The smallest absolute Gasteiger partial charge is 0.226 e. The first-order valence-electron chi connectivity index (χ1n) is 8.61. The molecular weight excluding hydrogens is 382 g/mol. The lowest BCUT2D eigenvalue weighted by atomic mass is 9.87. The highest BCUT2D eigenvalue weighted by molar-refractivity contribution is 7.18. The highest BCUT2D eigenvalue weighted by Gasteiger charge is 2.36. The van der Waals surface area contributed by atoms with Gasteiger partial charge in [-0.2, -0.15) is 5.10 Å². The van der Waals surface area contributed by atoms with Crippen LogP contribution in [0.3, 0.4) is 0 Å². The number of hydrogen-bond acceptors (Lipinski definition) is 4. The molecule has 1 amide bonds. The van der Waals surface area contributed by atoms with Crippen LogP contribution in [0.25, 0.3) is 5.69 Å². The Morgan fingerprint density at radius 3 is 2.67 bits per heavy atom. The van der Waals surface area contributed by atoms with Crippen molar-refractivity contribution >= 4 is 40.4 Å². The number of thiophene rings is 1. The van der Waals surface area contributed by atoms with E-state index in [1.807, 2.05) is 39.0 Å². The first-order chi connectivity index (χ1) is 12.8. The van der Waals surface area contributed by atoms with Crippen LogP contribution in [-0.4, -0.2) is 21.5 Å². The van der Waals surface area contributed by atoms with Gasteiger partial charge < -0.3 is 5.32 Å². The second kappa shape index (κ2) is 6.62. The van der Waals surface area contributed by atoms with Crippen LogP contribution < -0.4 is 5.32 Å². The number of aromatic nitrogens is 2. The Morgan fingerprint density at radius 2 is 2.00 bits per heavy atom. The molecule has 0 saturated heterocycles. The molecule has 0 unspecified atom stereocenters. The maximum atomic E-state index is 13.1. The molecule has 1 aliphatic rings. The number of anilines is 1. The van der Waals surface area contributed by atoms with Crippen molar-refractivity contribution in [2.45, 2.75) is 33.1 Å². The van der Waals surface area contributed by atoms with Crippen LogP contribution in [-0.2, 0) is 4.79 Å². The summed E-state index contributed by atoms with van der Waals surface area (Å²) in [6.07, 6.45) is 0.112. The zero-order chi connectivity index (χ0) is 19.3. The van der Waals surface area contributed by atoms with E-state index >= 15 is 0 Å². The molecule has 1 aromatic carbocycles. The van der Waals surface area contributed by atoms with Crippen molar-refractivity contribution < 1.29 is 9.59 Å². The number of Topliss-reactive ketones (excluding diaryl/α,β-unsaturated/α-hetero) is 1. The fraction of sp³-hybridized carbons (Fsp3) is 0.250. The van der Waals surface area contributed by atoms with Gasteiger partial charge in [0.15, 0.2) is 5.78 Å². The van der Waals surface area contributed by atoms with Crippen molar-refractivity contribution in [3.63, 3.8) is 0 Å². The molecule has 0 spiro atoms. The van der Waals surface area contributed by atoms with Crippen LogP contribution in [0.4, 0.5) is 5.82 Å². The Hall–Kier alpha value is -2.44. The molecule has 138 valence electrons. The molecular formula is C20H18ClN3O2S. The second-order valence-electron chi connectivity index (χ2n) is 6.80. The number of amides is 1. The minimum absolute atomic E-state index is 0.0919. The summed E-state index contributed by atoms with van der Waals surface area (Å²) in [5.74, 6) is -0.254. The summed E-state index contributed by atoms with van der Waals surface area (Å²) in [7, 11) is 0. The monoisotopic (exact) mass is 399 g/mol. The summed E-state index contributed by atoms with van der Waals surface area (Å²) in [6.45, 7) is 5.95. The van der Waals surface area contributed by atoms with Crippen LogP contribution in [0.5, 0.6) is 0 Å². The van der Waals surface area contributed by atoms with Gasteiger partial charge in [-0.25, -0.2) is 4.68 Å². The minimum atomic E-state index is -0.552. The predicted molar refractivity (Wildman–Crippen MR) is 107 cm³/mol. The van der Waals surface area contributed by atoms with Gasteiger partial charge in [-0.1, -0.05) is 17.7 Å². The number of ketones is 1. The summed E-state index contributed by atoms with van der Waals surface area (Å²) in [5.41, 5.74) is 4.70. The quantitative estimate of drug-likeness (QED) is 0.642. The van der Waals surface area contributed by atoms with E-state index in [4.69, 9.17) is 11.6 Å². The average molecular weight is 400 g/mol. The average Bonchev–Trinajstić information content (AvgIpc) is 3.20. The number of benzene rings is 1. The molecule has 0 bridgehead atoms. The SMILES string of the molecule is Cc1ccc(-n2nc(C)c3c2NC(=O)C[C@@H]3C(=O)c2ccc(Cl)s2)cc1C. The number of hydrogen-bond donors (Lipinski definition) is 1. The maximum absolute atomic E-state index is 13.1. The Morgan fingerprint density at radius 1 is 1.22 bits per heavy atom. The molecule has 0 radical (unpaired) electrons. The molecule has 3 heterocycles. The van der Waals surface area contributed by atoms with E-state index in [9.17, 15) is 9.59 Å². The molecule has 7 heteroatoms. The van der Waals surface area contributed by atoms with Crippen molar-refractivity contribution in [3.8, 4) is 5.69 Å². The van der Waals surface area contributed by atoms with Crippen molar-refractivity contribution in [2.24, 2.45) is 0 Å². The summed E-state index contributed by atoms with van der Waals surface area (Å²) in [6, 6.07) is 9.43. The highest BCUT2D eigenvalue weighted by Crippen LogP contribution is 2.39. The van der Waals surface area contributed by atoms with E-state index in [-0.39, 0.29) is 18.1 Å². The zero-order valence-electron chi connectivity index (χ0n) is 15.2. The molecule has 4 rings (SSSR count). The van der Waals surface area contributed by atoms with Crippen LogP contribution in [0.15, 0.2) is 30.3 Å². The standard InChI is InChI=1S/C20H18ClN3O2S/c1-10-4-5-13(8-11(10)2)24-20-18(12(3)23-24)14(9-17(25)22-20)19(26)15-6-7-16(21)27-15/h4-8,14H,9H2,1-3H3,(H,22,25)/t14-/m0/s1. The topological polar surface area (TPSA) is 64.0 Å². The lowest BCUT2D eigenvalue weighted by Gasteiger charge is -2.22. The normalized spacial score (nSPS) is 16.1. The number of aryl methyl sites for hydroxylation is 3. The van der Waals surface area contributed by atoms with Crippen LogP contribution >= 0.6 is 22.9 Å². The van der Waals surface area contributed by atoms with Gasteiger partial charge in [0.05, 0.1) is 26.5 Å². The molecule has 0 saturated carbocycles. The van der Waals surface area contributed by atoms with Crippen molar-refractivity contribution in [1.82, 2.24) is 9.78 Å². The van der Waals surface area contributed by atoms with E-state index < -0.39 is 5.92 Å². The van der Waals surface area contributed by atoms with E-state index in [1.165, 1.54) is 16.9 Å². The van der Waals surface area contributed by atoms with Gasteiger partial charge >= 0.3 is 0 Å². The zero-order valence-corrected chi connectivity index (χ0v) is 16.7. The van der Waals surface area contributed by atoms with Gasteiger partial charge in [-0.05, 0) is 56.2 Å². The predicted octanol–water partition coefficient (Wildman–Crippen LogP) is 4.82. The molecule has 2 aromatic heterocycles. The van der Waals surface area contributed by atoms with Gasteiger partial charge in [0.1, 0.15) is 5.82 Å². The van der Waals surface area contributed by atoms with E-state index in [2.05, 4.69) is 10.4 Å². The van der Waals surface area contributed by atoms with Crippen LogP contribution in [0, 0.1) is 20.8 Å². The molecule has 1 N–H and O–H groups in total.